The molecule has 92 valence electrons. The summed E-state index contributed by atoms with van der Waals surface area (Å²) in [7, 11) is 0. The number of carbonyl (C=O) groups is 1. The van der Waals surface area contributed by atoms with Crippen molar-refractivity contribution in [2.24, 2.45) is 0 Å². The zero-order valence-corrected chi connectivity index (χ0v) is 11.4. The van der Waals surface area contributed by atoms with E-state index in [1.807, 2.05) is 12.1 Å². The number of carbonyl (C=O) groups excluding carboxylic acids is 1. The summed E-state index contributed by atoms with van der Waals surface area (Å²) in [6.07, 6.45) is 0. The topological polar surface area (TPSA) is 55.1 Å². The molecule has 2 rings (SSSR count). The van der Waals surface area contributed by atoms with Crippen molar-refractivity contribution < 1.29 is 9.18 Å². The van der Waals surface area contributed by atoms with Crippen LogP contribution in [0.5, 0.6) is 0 Å². The molecule has 0 bridgehead atoms. The van der Waals surface area contributed by atoms with Crippen LogP contribution in [0.4, 0.5) is 15.8 Å². The summed E-state index contributed by atoms with van der Waals surface area (Å²) in [5, 5.41) is 2.62. The summed E-state index contributed by atoms with van der Waals surface area (Å²) < 4.78 is 14.5. The van der Waals surface area contributed by atoms with Crippen LogP contribution in [0.3, 0.4) is 0 Å². The number of nitrogens with one attached hydrogen (secondary N) is 1. The third kappa shape index (κ3) is 2.98. The fourth-order valence-corrected chi connectivity index (χ4v) is 1.81. The molecule has 3 N–H and O–H groups in total. The highest BCUT2D eigenvalue weighted by atomic mass is 127. The number of anilines is 2. The van der Waals surface area contributed by atoms with Gasteiger partial charge in [-0.05, 0) is 65.1 Å². The Kier molecular flexibility index (Phi) is 3.81. The zero-order valence-electron chi connectivity index (χ0n) is 9.28. The highest BCUT2D eigenvalue weighted by molar-refractivity contribution is 14.1. The van der Waals surface area contributed by atoms with Gasteiger partial charge in [-0.1, -0.05) is 0 Å². The van der Waals surface area contributed by atoms with Crippen LogP contribution in [0.1, 0.15) is 10.4 Å². The molecule has 0 fully saturated rings. The van der Waals surface area contributed by atoms with Gasteiger partial charge in [0.05, 0.1) is 5.56 Å². The average molecular weight is 356 g/mol. The van der Waals surface area contributed by atoms with E-state index < -0.39 is 11.7 Å². The smallest absolute Gasteiger partial charge is 0.258 e. The molecule has 0 spiro atoms. The Labute approximate surface area is 117 Å². The summed E-state index contributed by atoms with van der Waals surface area (Å²) in [5.74, 6) is -1.10. The maximum atomic E-state index is 13.5. The SMILES string of the molecule is Nc1ccc(F)c(C(=O)Nc2ccc(I)cc2)c1. The highest BCUT2D eigenvalue weighted by Crippen LogP contribution is 2.16. The number of amides is 1. The molecular weight excluding hydrogens is 346 g/mol. The molecular formula is C13H10FIN2O. The molecule has 0 saturated carbocycles. The van der Waals surface area contributed by atoms with Crippen molar-refractivity contribution in [1.82, 2.24) is 0 Å². The van der Waals surface area contributed by atoms with Gasteiger partial charge in [-0.15, -0.1) is 0 Å². The summed E-state index contributed by atoms with van der Waals surface area (Å²) in [6, 6.07) is 11.1. The van der Waals surface area contributed by atoms with Crippen LogP contribution in [0.15, 0.2) is 42.5 Å². The molecule has 0 aliphatic rings. The lowest BCUT2D eigenvalue weighted by Gasteiger charge is -2.07. The third-order valence-corrected chi connectivity index (χ3v) is 3.06. The second-order valence-corrected chi connectivity index (χ2v) is 4.95. The number of rotatable bonds is 2. The Balaban J connectivity index is 2.21. The van der Waals surface area contributed by atoms with Gasteiger partial charge in [0.15, 0.2) is 0 Å². The highest BCUT2D eigenvalue weighted by Gasteiger charge is 2.12. The van der Waals surface area contributed by atoms with Crippen LogP contribution in [0, 0.1) is 9.39 Å². The van der Waals surface area contributed by atoms with E-state index in [1.165, 1.54) is 18.2 Å². The first kappa shape index (κ1) is 12.8. The molecule has 0 unspecified atom stereocenters. The molecule has 1 amide bonds. The van der Waals surface area contributed by atoms with Crippen molar-refractivity contribution in [2.45, 2.75) is 0 Å². The summed E-state index contributed by atoms with van der Waals surface area (Å²) >= 11 is 2.16. The minimum absolute atomic E-state index is 0.0615. The maximum Gasteiger partial charge on any atom is 0.258 e. The van der Waals surface area contributed by atoms with E-state index >= 15 is 0 Å². The van der Waals surface area contributed by atoms with Gasteiger partial charge in [0.1, 0.15) is 5.82 Å². The Hall–Kier alpha value is -1.63. The molecule has 0 aliphatic carbocycles. The largest absolute Gasteiger partial charge is 0.399 e. The van der Waals surface area contributed by atoms with E-state index in [4.69, 9.17) is 5.73 Å². The van der Waals surface area contributed by atoms with Crippen molar-refractivity contribution in [3.8, 4) is 0 Å². The van der Waals surface area contributed by atoms with Crippen molar-refractivity contribution in [3.05, 3.63) is 57.4 Å². The lowest BCUT2D eigenvalue weighted by Crippen LogP contribution is -2.14. The molecule has 0 heterocycles. The van der Waals surface area contributed by atoms with Gasteiger partial charge in [-0.25, -0.2) is 4.39 Å². The van der Waals surface area contributed by atoms with E-state index in [1.54, 1.807) is 12.1 Å². The van der Waals surface area contributed by atoms with Crippen LogP contribution in [0.25, 0.3) is 0 Å². The first-order valence-corrected chi connectivity index (χ1v) is 6.26. The summed E-state index contributed by atoms with van der Waals surface area (Å²) in [6.45, 7) is 0. The predicted octanol–water partition coefficient (Wildman–Crippen LogP) is 3.26. The monoisotopic (exact) mass is 356 g/mol. The van der Waals surface area contributed by atoms with Crippen LogP contribution in [-0.4, -0.2) is 5.91 Å². The Morgan fingerprint density at radius 1 is 1.17 bits per heavy atom. The molecule has 3 nitrogen and oxygen atoms in total. The molecule has 18 heavy (non-hydrogen) atoms. The molecule has 0 aliphatic heterocycles. The fraction of sp³-hybridized carbons (Fsp3) is 0. The zero-order chi connectivity index (χ0) is 13.1. The van der Waals surface area contributed by atoms with E-state index in [2.05, 4.69) is 27.9 Å². The van der Waals surface area contributed by atoms with Crippen LogP contribution < -0.4 is 11.1 Å². The Morgan fingerprint density at radius 3 is 2.50 bits per heavy atom. The van der Waals surface area contributed by atoms with E-state index in [9.17, 15) is 9.18 Å². The third-order valence-electron chi connectivity index (χ3n) is 2.34. The van der Waals surface area contributed by atoms with Crippen molar-refractivity contribution in [3.63, 3.8) is 0 Å². The average Bonchev–Trinajstić information content (AvgIpc) is 2.35. The second-order valence-electron chi connectivity index (χ2n) is 3.70. The van der Waals surface area contributed by atoms with Crippen LogP contribution in [0.2, 0.25) is 0 Å². The number of nitrogens with two attached hydrogens (primary N) is 1. The van der Waals surface area contributed by atoms with Gasteiger partial charge >= 0.3 is 0 Å². The number of benzene rings is 2. The molecule has 0 aromatic heterocycles. The van der Waals surface area contributed by atoms with Crippen molar-refractivity contribution >= 4 is 39.9 Å². The standard InChI is InChI=1S/C13H10FIN2O/c14-12-6-3-9(16)7-11(12)13(18)17-10-4-1-8(15)2-5-10/h1-7H,16H2,(H,17,18). The number of halogens is 2. The van der Waals surface area contributed by atoms with Gasteiger partial charge in [0.2, 0.25) is 0 Å². The quantitative estimate of drug-likeness (QED) is 0.641. The van der Waals surface area contributed by atoms with Crippen molar-refractivity contribution in [1.29, 1.82) is 0 Å². The van der Waals surface area contributed by atoms with E-state index in [0.29, 0.717) is 11.4 Å². The van der Waals surface area contributed by atoms with Crippen LogP contribution >= 0.6 is 22.6 Å². The fourth-order valence-electron chi connectivity index (χ4n) is 1.45. The van der Waals surface area contributed by atoms with Gasteiger partial charge < -0.3 is 11.1 Å². The molecule has 2 aromatic rings. The first-order chi connectivity index (χ1) is 8.56. The minimum atomic E-state index is -0.591. The molecule has 0 radical (unpaired) electrons. The van der Waals surface area contributed by atoms with Gasteiger partial charge in [-0.2, -0.15) is 0 Å². The Bertz CT molecular complexity index is 584. The molecule has 0 atom stereocenters. The van der Waals surface area contributed by atoms with E-state index in [-0.39, 0.29) is 5.56 Å². The van der Waals surface area contributed by atoms with Crippen LogP contribution in [-0.2, 0) is 0 Å². The first-order valence-electron chi connectivity index (χ1n) is 5.18. The number of nitrogen functional groups attached to an aromatic ring is 1. The predicted molar refractivity (Wildman–Crippen MR) is 77.9 cm³/mol. The Morgan fingerprint density at radius 2 is 1.83 bits per heavy atom. The summed E-state index contributed by atoms with van der Waals surface area (Å²) in [5.41, 5.74) is 6.43. The van der Waals surface area contributed by atoms with Gasteiger partial charge in [0, 0.05) is 14.9 Å². The molecule has 2 aromatic carbocycles. The maximum absolute atomic E-state index is 13.5. The second kappa shape index (κ2) is 5.34. The van der Waals surface area contributed by atoms with Gasteiger partial charge in [-0.3, -0.25) is 4.79 Å². The van der Waals surface area contributed by atoms with Crippen molar-refractivity contribution in [2.75, 3.05) is 11.1 Å². The lowest BCUT2D eigenvalue weighted by molar-refractivity contribution is 0.102. The number of hydrogen-bond acceptors (Lipinski definition) is 2. The lowest BCUT2D eigenvalue weighted by atomic mass is 10.1. The number of hydrogen-bond donors (Lipinski definition) is 2. The van der Waals surface area contributed by atoms with E-state index in [0.717, 1.165) is 3.57 Å². The minimum Gasteiger partial charge on any atom is -0.399 e. The normalized spacial score (nSPS) is 10.1. The summed E-state index contributed by atoms with van der Waals surface area (Å²) in [4.78, 5) is 11.9. The molecule has 0 saturated heterocycles. The molecule has 5 heteroatoms. The van der Waals surface area contributed by atoms with Gasteiger partial charge in [0.25, 0.3) is 5.91 Å².